The van der Waals surface area contributed by atoms with E-state index < -0.39 is 47.5 Å². The molecule has 1 N–H and O–H groups in total. The highest BCUT2D eigenvalue weighted by atomic mass is 35.5. The van der Waals surface area contributed by atoms with Crippen molar-refractivity contribution in [1.29, 1.82) is 5.41 Å². The molecule has 14 heteroatoms. The molecule has 1 saturated heterocycles. The van der Waals surface area contributed by atoms with E-state index in [1.165, 1.54) is 15.5 Å². The molecular formula is C25H28ClN5O8. The van der Waals surface area contributed by atoms with Crippen LogP contribution in [-0.2, 0) is 30.3 Å². The lowest BCUT2D eigenvalue weighted by Gasteiger charge is -2.29. The van der Waals surface area contributed by atoms with Crippen LogP contribution >= 0.6 is 11.6 Å². The van der Waals surface area contributed by atoms with E-state index in [-0.39, 0.29) is 53.0 Å². The van der Waals surface area contributed by atoms with Crippen LogP contribution in [0.1, 0.15) is 51.9 Å². The Morgan fingerprint density at radius 3 is 2.56 bits per heavy atom. The van der Waals surface area contributed by atoms with Crippen LogP contribution in [0.5, 0.6) is 0 Å². The van der Waals surface area contributed by atoms with Crippen molar-refractivity contribution >= 4 is 34.7 Å². The summed E-state index contributed by atoms with van der Waals surface area (Å²) in [6.45, 7) is 7.85. The molecule has 0 radical (unpaired) electrons. The first-order valence-electron chi connectivity index (χ1n) is 12.2. The van der Waals surface area contributed by atoms with E-state index >= 15 is 0 Å². The van der Waals surface area contributed by atoms with Gasteiger partial charge in [0, 0.05) is 6.42 Å². The van der Waals surface area contributed by atoms with Crippen LogP contribution in [-0.4, -0.2) is 49.4 Å². The molecule has 0 aliphatic carbocycles. The molecule has 3 aromatic heterocycles. The molecule has 0 spiro atoms. The lowest BCUT2D eigenvalue weighted by Crippen LogP contribution is -2.46. The summed E-state index contributed by atoms with van der Waals surface area (Å²) < 4.78 is 30.0. The average molecular weight is 562 g/mol. The quantitative estimate of drug-likeness (QED) is 0.245. The monoisotopic (exact) mass is 561 g/mol. The zero-order chi connectivity index (χ0) is 28.6. The average Bonchev–Trinajstić information content (AvgIpc) is 3.55. The van der Waals surface area contributed by atoms with E-state index in [4.69, 9.17) is 46.5 Å². The lowest BCUT2D eigenvalue weighted by atomic mass is 9.98. The number of carbonyl (C=O) groups is 2. The van der Waals surface area contributed by atoms with Crippen molar-refractivity contribution < 1.29 is 32.6 Å². The number of aromatic nitrogens is 4. The molecule has 0 bridgehead atoms. The number of hydrogen-bond acceptors (Lipinski definition) is 11. The third-order valence-corrected chi connectivity index (χ3v) is 6.58. The fourth-order valence-corrected chi connectivity index (χ4v) is 4.21. The van der Waals surface area contributed by atoms with Crippen LogP contribution < -0.4 is 11.3 Å². The minimum atomic E-state index is -1.57. The maximum atomic E-state index is 12.5. The van der Waals surface area contributed by atoms with Gasteiger partial charge in [-0.3, -0.25) is 24.1 Å². The van der Waals surface area contributed by atoms with E-state index in [0.29, 0.717) is 0 Å². The Hall–Kier alpha value is -3.89. The number of hydrogen-bond donors (Lipinski definition) is 1. The minimum absolute atomic E-state index is 0.0837. The van der Waals surface area contributed by atoms with Gasteiger partial charge in [0.1, 0.15) is 24.7 Å². The van der Waals surface area contributed by atoms with Crippen molar-refractivity contribution in [3.05, 3.63) is 39.2 Å². The predicted molar refractivity (Wildman–Crippen MR) is 134 cm³/mol. The fraction of sp³-hybridized carbons (Fsp3) is 0.520. The Balaban J connectivity index is 1.70. The van der Waals surface area contributed by atoms with Gasteiger partial charge in [0.25, 0.3) is 0 Å². The molecule has 0 unspecified atom stereocenters. The lowest BCUT2D eigenvalue weighted by molar-refractivity contribution is -0.170. The number of imidazole rings is 1. The summed E-state index contributed by atoms with van der Waals surface area (Å²) in [5.74, 6) is 0.276. The van der Waals surface area contributed by atoms with Crippen molar-refractivity contribution in [2.75, 3.05) is 6.61 Å². The first kappa shape index (κ1) is 28.1. The summed E-state index contributed by atoms with van der Waals surface area (Å²) in [4.78, 5) is 44.8. The molecule has 3 aromatic rings. The predicted octanol–water partition coefficient (Wildman–Crippen LogP) is 2.33. The van der Waals surface area contributed by atoms with Gasteiger partial charge in [0.2, 0.25) is 10.9 Å². The Kier molecular flexibility index (Phi) is 7.72. The van der Waals surface area contributed by atoms with Gasteiger partial charge < -0.3 is 23.0 Å². The molecule has 208 valence electrons. The molecule has 39 heavy (non-hydrogen) atoms. The maximum absolute atomic E-state index is 12.5. The number of carbonyl (C=O) groups excluding carboxylic acids is 2. The number of nitrogens with one attached hydrogen (secondary N) is 1. The number of nitrogens with zero attached hydrogens (tertiary/aromatic N) is 4. The largest absolute Gasteiger partial charge is 0.519 e. The minimum Gasteiger partial charge on any atom is -0.461 e. The molecule has 1 fully saturated rings. The molecule has 4 rings (SSSR count). The summed E-state index contributed by atoms with van der Waals surface area (Å²) >= 11 is 6.42. The first-order valence-corrected chi connectivity index (χ1v) is 12.5. The van der Waals surface area contributed by atoms with E-state index in [1.54, 1.807) is 34.6 Å². The number of aryl methyl sites for hydroxylation is 1. The number of halogens is 1. The molecule has 1 aliphatic heterocycles. The molecule has 0 amide bonds. The second-order valence-corrected chi connectivity index (χ2v) is 10.1. The van der Waals surface area contributed by atoms with Crippen LogP contribution in [0.15, 0.2) is 20.0 Å². The van der Waals surface area contributed by atoms with Gasteiger partial charge in [-0.2, -0.15) is 4.98 Å². The van der Waals surface area contributed by atoms with Crippen LogP contribution in [0.2, 0.25) is 5.28 Å². The molecular weight excluding hydrogens is 534 g/mol. The smallest absolute Gasteiger partial charge is 0.461 e. The number of rotatable bonds is 8. The van der Waals surface area contributed by atoms with Gasteiger partial charge in [-0.25, -0.2) is 9.78 Å². The van der Waals surface area contributed by atoms with Crippen LogP contribution in [0.4, 0.5) is 0 Å². The number of ether oxygens (including phenoxy) is 3. The summed E-state index contributed by atoms with van der Waals surface area (Å²) in [5, 5.41) is 8.56. The van der Waals surface area contributed by atoms with Crippen LogP contribution in [0.25, 0.3) is 11.2 Å². The second kappa shape index (κ2) is 10.7. The van der Waals surface area contributed by atoms with Gasteiger partial charge in [-0.05, 0) is 18.5 Å². The summed E-state index contributed by atoms with van der Waals surface area (Å²) in [6.07, 6.45) is 5.56. The zero-order valence-corrected chi connectivity index (χ0v) is 22.8. The second-order valence-electron chi connectivity index (χ2n) is 9.76. The van der Waals surface area contributed by atoms with Gasteiger partial charge in [0.15, 0.2) is 22.4 Å². The van der Waals surface area contributed by atoms with E-state index in [9.17, 15) is 14.4 Å². The van der Waals surface area contributed by atoms with Crippen LogP contribution in [0.3, 0.4) is 0 Å². The van der Waals surface area contributed by atoms with Gasteiger partial charge in [-0.15, -0.1) is 6.42 Å². The van der Waals surface area contributed by atoms with Crippen LogP contribution in [0, 0.1) is 36.5 Å². The highest BCUT2D eigenvalue weighted by Gasteiger charge is 2.52. The molecule has 3 atom stereocenters. The molecule has 4 heterocycles. The first-order chi connectivity index (χ1) is 18.4. The normalized spacial score (nSPS) is 21.0. The fourth-order valence-electron chi connectivity index (χ4n) is 3.99. The Labute approximate surface area is 227 Å². The van der Waals surface area contributed by atoms with Crippen molar-refractivity contribution in [1.82, 2.24) is 19.1 Å². The standard InChI is InChI=1S/C25H28ClN5O8/c1-7-25(10-35-21(32)12(2)3)16(38-22(33)13(4)5)8-17(39-25)31-11-28-18-19(27)30(23(26)29-20(18)31)9-15-14(6)36-24(34)37-15/h1,11-13,16-17,27H,8-10H2,2-6H3/t16-,17+,25+/m0/s1. The molecule has 0 saturated carbocycles. The molecule has 13 nitrogen and oxygen atoms in total. The summed E-state index contributed by atoms with van der Waals surface area (Å²) in [7, 11) is 0. The Morgan fingerprint density at radius 2 is 1.97 bits per heavy atom. The molecule has 0 aromatic carbocycles. The van der Waals surface area contributed by atoms with Gasteiger partial charge in [0.05, 0.1) is 24.7 Å². The SMILES string of the molecule is C#C[C@]1(COC(=O)C(C)C)O[C@@H](n2cnc3c(=N)n(Cc4oc(=O)oc4C)c(Cl)nc32)C[C@@H]1OC(=O)C(C)C. The number of terminal acetylenes is 1. The van der Waals surface area contributed by atoms with Gasteiger partial charge >= 0.3 is 17.8 Å². The van der Waals surface area contributed by atoms with Crippen molar-refractivity contribution in [2.45, 2.75) is 65.5 Å². The topological polar surface area (TPSA) is 165 Å². The maximum Gasteiger partial charge on any atom is 0.519 e. The highest BCUT2D eigenvalue weighted by Crippen LogP contribution is 2.40. The van der Waals surface area contributed by atoms with Crippen molar-refractivity contribution in [2.24, 2.45) is 11.8 Å². The van der Waals surface area contributed by atoms with Crippen molar-refractivity contribution in [3.63, 3.8) is 0 Å². The third-order valence-electron chi connectivity index (χ3n) is 6.29. The van der Waals surface area contributed by atoms with E-state index in [1.807, 2.05) is 0 Å². The Morgan fingerprint density at radius 1 is 1.28 bits per heavy atom. The van der Waals surface area contributed by atoms with Gasteiger partial charge in [-0.1, -0.05) is 33.6 Å². The molecule has 1 aliphatic rings. The summed E-state index contributed by atoms with van der Waals surface area (Å²) in [6, 6.07) is 0. The third kappa shape index (κ3) is 5.35. The van der Waals surface area contributed by atoms with Crippen molar-refractivity contribution in [3.8, 4) is 12.3 Å². The zero-order valence-electron chi connectivity index (χ0n) is 22.0. The number of esters is 2. The van der Waals surface area contributed by atoms with E-state index in [2.05, 4.69) is 15.9 Å². The number of fused-ring (bicyclic) bond motifs is 1. The van der Waals surface area contributed by atoms with E-state index in [0.717, 1.165) is 0 Å². The highest BCUT2D eigenvalue weighted by molar-refractivity contribution is 6.28. The summed E-state index contributed by atoms with van der Waals surface area (Å²) in [5.41, 5.74) is -1.30. The Bertz CT molecular complexity index is 1580.